The first-order valence-corrected chi connectivity index (χ1v) is 13.1. The van der Waals surface area contributed by atoms with Gasteiger partial charge >= 0.3 is 0 Å². The van der Waals surface area contributed by atoms with E-state index in [1.54, 1.807) is 0 Å². The Kier molecular flexibility index (Phi) is 20.6. The summed E-state index contributed by atoms with van der Waals surface area (Å²) in [6.45, 7) is 6.02. The van der Waals surface area contributed by atoms with Crippen molar-refractivity contribution in [1.82, 2.24) is 0 Å². The van der Waals surface area contributed by atoms with Gasteiger partial charge in [-0.05, 0) is 32.1 Å². The number of ether oxygens (including phenoxy) is 1. The number of unbranched alkanes of at least 4 members (excludes halogenated alkanes) is 16. The molecule has 2 nitrogen and oxygen atoms in total. The predicted octanol–water partition coefficient (Wildman–Crippen LogP) is 4.90. The highest BCUT2D eigenvalue weighted by Gasteiger charge is 2.22. The molecule has 0 spiro atoms. The minimum Gasteiger partial charge on any atom is -1.00 e. The molecular weight excluding hydrogens is 422 g/mol. The van der Waals surface area contributed by atoms with Crippen LogP contribution in [0.1, 0.15) is 129 Å². The fourth-order valence-corrected chi connectivity index (χ4v) is 4.35. The average Bonchev–Trinajstić information content (AvgIpc) is 3.49. The van der Waals surface area contributed by atoms with E-state index in [1.807, 2.05) is 0 Å². The lowest BCUT2D eigenvalue weighted by atomic mass is 10.0. The number of rotatable bonds is 22. The van der Waals surface area contributed by atoms with Gasteiger partial charge < -0.3 is 26.2 Å². The van der Waals surface area contributed by atoms with Crippen LogP contribution in [0.15, 0.2) is 0 Å². The van der Waals surface area contributed by atoms with Gasteiger partial charge in [0.2, 0.25) is 0 Å². The molecule has 0 radical (unpaired) electrons. The number of hydrogen-bond donors (Lipinski definition) is 0. The van der Waals surface area contributed by atoms with Crippen LogP contribution in [0.5, 0.6) is 0 Å². The molecule has 0 amide bonds. The van der Waals surface area contributed by atoms with E-state index >= 15 is 0 Å². The highest BCUT2D eigenvalue weighted by atomic mass is 79.9. The molecule has 176 valence electrons. The Bertz CT molecular complexity index is 331. The number of nitrogens with zero attached hydrogens (tertiary/aromatic N) is 1. The van der Waals surface area contributed by atoms with Crippen LogP contribution in [0.3, 0.4) is 0 Å². The standard InChI is InChI=1S/C26H54NO.BrH/c1-4-5-6-7-8-9-10-11-12-13-14-15-16-17-18-20-23-27(2,3)24-21-19-22-26-25-28-26;/h26H,4-25H2,1-3H3;1H/q+1;/p-1. The molecule has 0 aromatic rings. The molecule has 0 N–H and O–H groups in total. The molecule has 0 aromatic carbocycles. The van der Waals surface area contributed by atoms with E-state index in [9.17, 15) is 0 Å². The topological polar surface area (TPSA) is 12.5 Å². The average molecular weight is 477 g/mol. The highest BCUT2D eigenvalue weighted by Crippen LogP contribution is 2.18. The largest absolute Gasteiger partial charge is 1.00 e. The van der Waals surface area contributed by atoms with Crippen molar-refractivity contribution in [3.63, 3.8) is 0 Å². The third kappa shape index (κ3) is 21.4. The Labute approximate surface area is 194 Å². The Morgan fingerprint density at radius 1 is 0.586 bits per heavy atom. The van der Waals surface area contributed by atoms with Crippen molar-refractivity contribution in [2.75, 3.05) is 33.8 Å². The molecule has 3 heteroatoms. The van der Waals surface area contributed by atoms with Gasteiger partial charge in [-0.25, -0.2) is 0 Å². The second-order valence-electron chi connectivity index (χ2n) is 10.1. The summed E-state index contributed by atoms with van der Waals surface area (Å²) in [6.07, 6.45) is 28.0. The summed E-state index contributed by atoms with van der Waals surface area (Å²) in [5.41, 5.74) is 0. The van der Waals surface area contributed by atoms with Gasteiger partial charge in [-0.15, -0.1) is 0 Å². The van der Waals surface area contributed by atoms with Gasteiger partial charge in [0.15, 0.2) is 0 Å². The zero-order valence-corrected chi connectivity index (χ0v) is 22.0. The predicted molar refractivity (Wildman–Crippen MR) is 125 cm³/mol. The van der Waals surface area contributed by atoms with Crippen molar-refractivity contribution in [3.8, 4) is 0 Å². The van der Waals surface area contributed by atoms with E-state index in [1.165, 1.54) is 140 Å². The molecule has 0 bridgehead atoms. The monoisotopic (exact) mass is 475 g/mol. The summed E-state index contributed by atoms with van der Waals surface area (Å²) in [6, 6.07) is 0. The number of epoxide rings is 1. The van der Waals surface area contributed by atoms with Crippen LogP contribution in [0.2, 0.25) is 0 Å². The van der Waals surface area contributed by atoms with Crippen LogP contribution in [0.25, 0.3) is 0 Å². The molecule has 1 atom stereocenters. The second-order valence-corrected chi connectivity index (χ2v) is 10.1. The van der Waals surface area contributed by atoms with Crippen molar-refractivity contribution in [1.29, 1.82) is 0 Å². The third-order valence-corrected chi connectivity index (χ3v) is 6.56. The van der Waals surface area contributed by atoms with E-state index in [0.717, 1.165) is 6.61 Å². The Morgan fingerprint density at radius 2 is 0.931 bits per heavy atom. The molecule has 1 unspecified atom stereocenters. The molecule has 0 aromatic heterocycles. The van der Waals surface area contributed by atoms with Gasteiger partial charge in [0.25, 0.3) is 0 Å². The first-order chi connectivity index (χ1) is 13.6. The number of halogens is 1. The third-order valence-electron chi connectivity index (χ3n) is 6.56. The van der Waals surface area contributed by atoms with Gasteiger partial charge in [-0.1, -0.05) is 96.8 Å². The first kappa shape index (κ1) is 29.4. The molecule has 1 rings (SSSR count). The molecule has 1 fully saturated rings. The van der Waals surface area contributed by atoms with Gasteiger partial charge in [-0.3, -0.25) is 0 Å². The van der Waals surface area contributed by atoms with Crippen LogP contribution < -0.4 is 17.0 Å². The summed E-state index contributed by atoms with van der Waals surface area (Å²) in [4.78, 5) is 0. The zero-order valence-electron chi connectivity index (χ0n) is 20.4. The Balaban J connectivity index is 0.00000784. The summed E-state index contributed by atoms with van der Waals surface area (Å²) >= 11 is 0. The van der Waals surface area contributed by atoms with E-state index in [4.69, 9.17) is 4.74 Å². The zero-order chi connectivity index (χ0) is 20.3. The fourth-order valence-electron chi connectivity index (χ4n) is 4.35. The van der Waals surface area contributed by atoms with Crippen LogP contribution >= 0.6 is 0 Å². The Hall–Kier alpha value is 0.400. The summed E-state index contributed by atoms with van der Waals surface area (Å²) < 4.78 is 6.51. The van der Waals surface area contributed by atoms with Gasteiger partial charge in [0.05, 0.1) is 39.9 Å². The van der Waals surface area contributed by atoms with Crippen LogP contribution in [-0.2, 0) is 4.74 Å². The van der Waals surface area contributed by atoms with E-state index in [0.29, 0.717) is 6.10 Å². The lowest BCUT2D eigenvalue weighted by Gasteiger charge is -2.30. The van der Waals surface area contributed by atoms with Crippen LogP contribution in [0.4, 0.5) is 0 Å². The highest BCUT2D eigenvalue weighted by molar-refractivity contribution is 4.68. The summed E-state index contributed by atoms with van der Waals surface area (Å²) in [5, 5.41) is 0. The van der Waals surface area contributed by atoms with E-state index in [2.05, 4.69) is 21.0 Å². The summed E-state index contributed by atoms with van der Waals surface area (Å²) in [7, 11) is 4.83. The van der Waals surface area contributed by atoms with Crippen LogP contribution in [0, 0.1) is 0 Å². The number of hydrogen-bond acceptors (Lipinski definition) is 1. The molecule has 1 aliphatic rings. The summed E-state index contributed by atoms with van der Waals surface area (Å²) in [5.74, 6) is 0. The van der Waals surface area contributed by atoms with Crippen molar-refractivity contribution < 1.29 is 26.2 Å². The van der Waals surface area contributed by atoms with Gasteiger partial charge in [0, 0.05) is 0 Å². The van der Waals surface area contributed by atoms with Gasteiger partial charge in [-0.2, -0.15) is 0 Å². The normalized spacial score (nSPS) is 16.0. The maximum atomic E-state index is 5.30. The SMILES string of the molecule is CCCCCCCCCCCCCCCCCC[N+](C)(C)CCCCC1CO1.[Br-]. The number of quaternary nitrogens is 1. The molecule has 1 heterocycles. The van der Waals surface area contributed by atoms with Crippen molar-refractivity contribution in [2.24, 2.45) is 0 Å². The van der Waals surface area contributed by atoms with Crippen molar-refractivity contribution in [3.05, 3.63) is 0 Å². The quantitative estimate of drug-likeness (QED) is 0.123. The van der Waals surface area contributed by atoms with Gasteiger partial charge in [0.1, 0.15) is 0 Å². The fraction of sp³-hybridized carbons (Fsp3) is 1.00. The second kappa shape index (κ2) is 20.3. The maximum absolute atomic E-state index is 5.30. The molecule has 29 heavy (non-hydrogen) atoms. The lowest BCUT2D eigenvalue weighted by molar-refractivity contribution is -0.890. The van der Waals surface area contributed by atoms with Crippen molar-refractivity contribution in [2.45, 2.75) is 135 Å². The molecule has 0 aliphatic carbocycles. The molecule has 0 saturated carbocycles. The molecule has 1 aliphatic heterocycles. The van der Waals surface area contributed by atoms with Crippen LogP contribution in [-0.4, -0.2) is 44.4 Å². The molecular formula is C26H54BrNO. The van der Waals surface area contributed by atoms with E-state index in [-0.39, 0.29) is 17.0 Å². The lowest BCUT2D eigenvalue weighted by Crippen LogP contribution is -3.00. The molecule has 1 saturated heterocycles. The van der Waals surface area contributed by atoms with E-state index < -0.39 is 0 Å². The minimum absolute atomic E-state index is 0. The first-order valence-electron chi connectivity index (χ1n) is 13.1. The smallest absolute Gasteiger partial charge is 0.0810 e. The minimum atomic E-state index is 0. The maximum Gasteiger partial charge on any atom is 0.0810 e. The van der Waals surface area contributed by atoms with Crippen molar-refractivity contribution >= 4 is 0 Å². The Morgan fingerprint density at radius 3 is 1.31 bits per heavy atom.